The fourth-order valence-electron chi connectivity index (χ4n) is 3.13. The first-order valence-corrected chi connectivity index (χ1v) is 10.2. The van der Waals surface area contributed by atoms with Crippen molar-refractivity contribution in [2.75, 3.05) is 16.8 Å². The molecular weight excluding hydrogens is 392 g/mol. The fraction of sp³-hybridized carbons (Fsp3) is 0.222. The highest BCUT2D eigenvalue weighted by molar-refractivity contribution is 7.91. The van der Waals surface area contributed by atoms with Crippen LogP contribution in [-0.4, -0.2) is 35.6 Å². The lowest BCUT2D eigenvalue weighted by molar-refractivity contribution is 0.102. The third-order valence-electron chi connectivity index (χ3n) is 4.47. The van der Waals surface area contributed by atoms with Gasteiger partial charge < -0.3 is 9.73 Å². The standard InChI is InChI=1S/C18H15F2N3O4S/c19-13-4-3-11(8-14(13)20)21-18(24)15-9-16(17-2-1-6-27-17)23(22-15)12-5-7-28(25,26)10-12/h1-4,6,8-9,12H,5,7,10H2,(H,21,24). The first-order valence-electron chi connectivity index (χ1n) is 8.43. The molecule has 1 unspecified atom stereocenters. The zero-order valence-corrected chi connectivity index (χ0v) is 15.2. The van der Waals surface area contributed by atoms with Crippen molar-refractivity contribution < 1.29 is 26.4 Å². The van der Waals surface area contributed by atoms with Crippen molar-refractivity contribution in [2.24, 2.45) is 0 Å². The first-order chi connectivity index (χ1) is 13.3. The molecule has 1 fully saturated rings. The second kappa shape index (κ2) is 6.86. The number of amides is 1. The summed E-state index contributed by atoms with van der Waals surface area (Å²) in [5.41, 5.74) is 0.532. The van der Waals surface area contributed by atoms with Crippen LogP contribution in [0.2, 0.25) is 0 Å². The molecule has 1 saturated heterocycles. The maximum Gasteiger partial charge on any atom is 0.276 e. The van der Waals surface area contributed by atoms with E-state index in [4.69, 9.17) is 4.42 Å². The first kappa shape index (κ1) is 18.4. The number of sulfone groups is 1. The van der Waals surface area contributed by atoms with E-state index in [9.17, 15) is 22.0 Å². The lowest BCUT2D eigenvalue weighted by atomic mass is 10.2. The molecule has 1 aromatic carbocycles. The fourth-order valence-corrected chi connectivity index (χ4v) is 4.82. The van der Waals surface area contributed by atoms with Crippen LogP contribution in [0.4, 0.5) is 14.5 Å². The Hall–Kier alpha value is -3.01. The molecule has 1 N–H and O–H groups in total. The Kier molecular flexibility index (Phi) is 4.50. The van der Waals surface area contributed by atoms with E-state index < -0.39 is 33.4 Å². The summed E-state index contributed by atoms with van der Waals surface area (Å²) < 4.78 is 56.9. The van der Waals surface area contributed by atoms with E-state index in [0.29, 0.717) is 17.9 Å². The Morgan fingerprint density at radius 2 is 2.04 bits per heavy atom. The van der Waals surface area contributed by atoms with Crippen LogP contribution in [0.15, 0.2) is 47.1 Å². The van der Waals surface area contributed by atoms with E-state index in [1.54, 1.807) is 12.1 Å². The summed E-state index contributed by atoms with van der Waals surface area (Å²) in [6, 6.07) is 7.38. The molecule has 0 spiro atoms. The molecule has 4 rings (SSSR count). The Labute approximate surface area is 158 Å². The molecule has 2 aromatic heterocycles. The molecule has 146 valence electrons. The minimum absolute atomic E-state index is 0.000399. The molecule has 1 aliphatic rings. The van der Waals surface area contributed by atoms with Gasteiger partial charge in [-0.25, -0.2) is 17.2 Å². The van der Waals surface area contributed by atoms with Crippen molar-refractivity contribution in [2.45, 2.75) is 12.5 Å². The van der Waals surface area contributed by atoms with Gasteiger partial charge in [-0.05, 0) is 30.7 Å². The average Bonchev–Trinajstić information content (AvgIpc) is 3.36. The number of nitrogens with one attached hydrogen (secondary N) is 1. The molecule has 0 radical (unpaired) electrons. The van der Waals surface area contributed by atoms with Gasteiger partial charge in [0.1, 0.15) is 5.69 Å². The van der Waals surface area contributed by atoms with Crippen LogP contribution in [0, 0.1) is 11.6 Å². The highest BCUT2D eigenvalue weighted by Gasteiger charge is 2.32. The van der Waals surface area contributed by atoms with Crippen LogP contribution in [0.1, 0.15) is 23.0 Å². The van der Waals surface area contributed by atoms with Crippen LogP contribution in [0.3, 0.4) is 0 Å². The summed E-state index contributed by atoms with van der Waals surface area (Å²) in [5.74, 6) is -2.35. The summed E-state index contributed by atoms with van der Waals surface area (Å²) in [7, 11) is -3.17. The second-order valence-corrected chi connectivity index (χ2v) is 8.71. The van der Waals surface area contributed by atoms with Gasteiger partial charge in [0.15, 0.2) is 32.9 Å². The Balaban J connectivity index is 1.67. The number of carbonyl (C=O) groups excluding carboxylic acids is 1. The van der Waals surface area contributed by atoms with E-state index in [-0.39, 0.29) is 22.9 Å². The molecule has 7 nitrogen and oxygen atoms in total. The number of rotatable bonds is 4. The van der Waals surface area contributed by atoms with Gasteiger partial charge in [-0.3, -0.25) is 9.48 Å². The van der Waals surface area contributed by atoms with E-state index in [1.807, 2.05) is 0 Å². The largest absolute Gasteiger partial charge is 0.463 e. The predicted octanol–water partition coefficient (Wildman–Crippen LogP) is 3.03. The summed E-state index contributed by atoms with van der Waals surface area (Å²) in [6.07, 6.45) is 1.83. The Morgan fingerprint density at radius 3 is 2.68 bits per heavy atom. The summed E-state index contributed by atoms with van der Waals surface area (Å²) in [6.45, 7) is 0. The molecule has 1 aliphatic heterocycles. The van der Waals surface area contributed by atoms with Gasteiger partial charge in [0.05, 0.1) is 23.8 Å². The van der Waals surface area contributed by atoms with Crippen molar-refractivity contribution in [3.63, 3.8) is 0 Å². The van der Waals surface area contributed by atoms with Gasteiger partial charge in [0, 0.05) is 17.8 Å². The van der Waals surface area contributed by atoms with E-state index >= 15 is 0 Å². The second-order valence-electron chi connectivity index (χ2n) is 6.48. The van der Waals surface area contributed by atoms with Gasteiger partial charge in [0.25, 0.3) is 5.91 Å². The number of carbonyl (C=O) groups is 1. The van der Waals surface area contributed by atoms with Crippen LogP contribution < -0.4 is 5.32 Å². The van der Waals surface area contributed by atoms with Crippen LogP contribution >= 0.6 is 0 Å². The number of furan rings is 1. The lowest BCUT2D eigenvalue weighted by Gasteiger charge is -2.11. The molecule has 3 aromatic rings. The van der Waals surface area contributed by atoms with E-state index in [1.165, 1.54) is 23.1 Å². The van der Waals surface area contributed by atoms with Gasteiger partial charge in [-0.1, -0.05) is 0 Å². The molecular formula is C18H15F2N3O4S. The summed E-state index contributed by atoms with van der Waals surface area (Å²) in [5, 5.41) is 6.71. The van der Waals surface area contributed by atoms with Crippen molar-refractivity contribution in [3.8, 4) is 11.5 Å². The number of nitrogens with zero attached hydrogens (tertiary/aromatic N) is 2. The SMILES string of the molecule is O=C(Nc1ccc(F)c(F)c1)c1cc(-c2ccco2)n(C2CCS(=O)(=O)C2)n1. The molecule has 1 amide bonds. The third-order valence-corrected chi connectivity index (χ3v) is 6.22. The predicted molar refractivity (Wildman–Crippen MR) is 96.5 cm³/mol. The van der Waals surface area contributed by atoms with Gasteiger partial charge in [0.2, 0.25) is 0 Å². The van der Waals surface area contributed by atoms with Crippen LogP contribution in [0.25, 0.3) is 11.5 Å². The van der Waals surface area contributed by atoms with Crippen molar-refractivity contribution in [3.05, 3.63) is 60.0 Å². The minimum atomic E-state index is -3.17. The zero-order valence-electron chi connectivity index (χ0n) is 14.4. The maximum absolute atomic E-state index is 13.3. The lowest BCUT2D eigenvalue weighted by Crippen LogP contribution is -2.16. The summed E-state index contributed by atoms with van der Waals surface area (Å²) >= 11 is 0. The van der Waals surface area contributed by atoms with E-state index in [2.05, 4.69) is 10.4 Å². The molecule has 0 bridgehead atoms. The Morgan fingerprint density at radius 1 is 1.21 bits per heavy atom. The summed E-state index contributed by atoms with van der Waals surface area (Å²) in [4.78, 5) is 12.5. The average molecular weight is 407 g/mol. The minimum Gasteiger partial charge on any atom is -0.463 e. The quantitative estimate of drug-likeness (QED) is 0.717. The number of hydrogen-bond donors (Lipinski definition) is 1. The van der Waals surface area contributed by atoms with Crippen LogP contribution in [-0.2, 0) is 9.84 Å². The van der Waals surface area contributed by atoms with Crippen LogP contribution in [0.5, 0.6) is 0 Å². The van der Waals surface area contributed by atoms with Crippen molar-refractivity contribution in [1.29, 1.82) is 0 Å². The zero-order chi connectivity index (χ0) is 19.9. The molecule has 1 atom stereocenters. The molecule has 3 heterocycles. The van der Waals surface area contributed by atoms with Gasteiger partial charge >= 0.3 is 0 Å². The molecule has 28 heavy (non-hydrogen) atoms. The number of halogens is 2. The highest BCUT2D eigenvalue weighted by atomic mass is 32.2. The number of benzene rings is 1. The molecule has 0 saturated carbocycles. The van der Waals surface area contributed by atoms with Crippen molar-refractivity contribution >= 4 is 21.4 Å². The number of hydrogen-bond acceptors (Lipinski definition) is 5. The van der Waals surface area contributed by atoms with E-state index in [0.717, 1.165) is 12.1 Å². The number of anilines is 1. The third kappa shape index (κ3) is 3.55. The molecule has 0 aliphatic carbocycles. The van der Waals surface area contributed by atoms with Gasteiger partial charge in [-0.2, -0.15) is 5.10 Å². The van der Waals surface area contributed by atoms with Gasteiger partial charge in [-0.15, -0.1) is 0 Å². The topological polar surface area (TPSA) is 94.2 Å². The normalized spacial score (nSPS) is 18.3. The Bertz CT molecular complexity index is 1140. The van der Waals surface area contributed by atoms with Crippen molar-refractivity contribution in [1.82, 2.24) is 9.78 Å². The molecule has 10 heteroatoms. The maximum atomic E-state index is 13.3. The number of aromatic nitrogens is 2. The monoisotopic (exact) mass is 407 g/mol. The highest BCUT2D eigenvalue weighted by Crippen LogP contribution is 2.30. The smallest absolute Gasteiger partial charge is 0.276 e.